The Morgan fingerprint density at radius 1 is 1.29 bits per heavy atom. The van der Waals surface area contributed by atoms with E-state index in [1.54, 1.807) is 19.1 Å². The number of hydrogen-bond donors (Lipinski definition) is 3. The van der Waals surface area contributed by atoms with E-state index in [1.807, 2.05) is 0 Å². The van der Waals surface area contributed by atoms with Crippen LogP contribution in [0.1, 0.15) is 27.6 Å². The molecule has 0 saturated heterocycles. The van der Waals surface area contributed by atoms with Crippen LogP contribution in [0.3, 0.4) is 0 Å². The zero-order valence-corrected chi connectivity index (χ0v) is 12.4. The van der Waals surface area contributed by atoms with Gasteiger partial charge in [0.1, 0.15) is 6.04 Å². The highest BCUT2D eigenvalue weighted by atomic mass is 32.1. The van der Waals surface area contributed by atoms with Crippen LogP contribution in [0.2, 0.25) is 0 Å². The minimum Gasteiger partial charge on any atom is -0.480 e. The van der Waals surface area contributed by atoms with Crippen molar-refractivity contribution in [3.05, 3.63) is 35.4 Å². The zero-order chi connectivity index (χ0) is 15.8. The van der Waals surface area contributed by atoms with E-state index in [1.165, 1.54) is 12.1 Å². The van der Waals surface area contributed by atoms with Crippen molar-refractivity contribution in [1.82, 2.24) is 5.32 Å². The van der Waals surface area contributed by atoms with Crippen molar-refractivity contribution in [2.45, 2.75) is 13.0 Å². The van der Waals surface area contributed by atoms with Gasteiger partial charge >= 0.3 is 11.9 Å². The maximum atomic E-state index is 12.1. The van der Waals surface area contributed by atoms with E-state index in [0.717, 1.165) is 0 Å². The van der Waals surface area contributed by atoms with E-state index >= 15 is 0 Å². The van der Waals surface area contributed by atoms with Crippen LogP contribution < -0.4 is 5.32 Å². The monoisotopic (exact) mass is 311 g/mol. The van der Waals surface area contributed by atoms with Gasteiger partial charge in [0, 0.05) is 11.3 Å². The summed E-state index contributed by atoms with van der Waals surface area (Å²) < 4.78 is 4.89. The van der Waals surface area contributed by atoms with Crippen molar-refractivity contribution >= 4 is 30.4 Å². The average molecular weight is 311 g/mol. The predicted octanol–water partition coefficient (Wildman–Crippen LogP) is 1.02. The number of rotatable bonds is 8. The number of benzene rings is 1. The van der Waals surface area contributed by atoms with Crippen LogP contribution in [0, 0.1) is 0 Å². The summed E-state index contributed by atoms with van der Waals surface area (Å²) in [4.78, 5) is 34.7. The summed E-state index contributed by atoms with van der Waals surface area (Å²) in [6.07, 6.45) is 0. The van der Waals surface area contributed by atoms with Crippen LogP contribution in [0.25, 0.3) is 0 Å². The molecule has 0 radical (unpaired) electrons. The lowest BCUT2D eigenvalue weighted by atomic mass is 10.0. The molecule has 21 heavy (non-hydrogen) atoms. The average Bonchev–Trinajstić information content (AvgIpc) is 2.47. The Morgan fingerprint density at radius 3 is 2.43 bits per heavy atom. The van der Waals surface area contributed by atoms with E-state index in [0.29, 0.717) is 0 Å². The number of carbonyl (C=O) groups is 3. The van der Waals surface area contributed by atoms with E-state index in [4.69, 9.17) is 9.84 Å². The van der Waals surface area contributed by atoms with Gasteiger partial charge in [0.15, 0.2) is 5.78 Å². The minimum absolute atomic E-state index is 0.0577. The van der Waals surface area contributed by atoms with Crippen LogP contribution in [-0.2, 0) is 9.53 Å². The molecule has 0 aliphatic heterocycles. The number of hydrogen-bond acceptors (Lipinski definition) is 6. The van der Waals surface area contributed by atoms with E-state index in [2.05, 4.69) is 17.9 Å². The molecule has 0 unspecified atom stereocenters. The summed E-state index contributed by atoms with van der Waals surface area (Å²) in [7, 11) is 0. The number of nitrogens with one attached hydrogen (secondary N) is 1. The van der Waals surface area contributed by atoms with Crippen LogP contribution in [0.4, 0.5) is 0 Å². The molecule has 0 saturated carbocycles. The number of carboxylic acid groups (broad SMARTS) is 1. The van der Waals surface area contributed by atoms with Crippen LogP contribution in [-0.4, -0.2) is 47.8 Å². The van der Waals surface area contributed by atoms with Crippen molar-refractivity contribution in [2.24, 2.45) is 0 Å². The van der Waals surface area contributed by atoms with Crippen LogP contribution in [0.5, 0.6) is 0 Å². The second-order valence-electron chi connectivity index (χ2n) is 4.14. The van der Waals surface area contributed by atoms with Gasteiger partial charge < -0.3 is 9.84 Å². The quantitative estimate of drug-likeness (QED) is 0.377. The third-order valence-electron chi connectivity index (χ3n) is 2.71. The minimum atomic E-state index is -1.09. The van der Waals surface area contributed by atoms with Gasteiger partial charge in [-0.3, -0.25) is 14.9 Å². The molecule has 0 aliphatic rings. The summed E-state index contributed by atoms with van der Waals surface area (Å²) in [5.74, 6) is -1.99. The molecule has 1 aromatic carbocycles. The fourth-order valence-corrected chi connectivity index (χ4v) is 1.94. The normalized spacial score (nSPS) is 11.7. The molecule has 0 aromatic heterocycles. The first kappa shape index (κ1) is 17.2. The van der Waals surface area contributed by atoms with Crippen molar-refractivity contribution < 1.29 is 24.2 Å². The molecular weight excluding hydrogens is 294 g/mol. The lowest BCUT2D eigenvalue weighted by molar-refractivity contribution is -0.138. The number of aliphatic carboxylic acids is 1. The van der Waals surface area contributed by atoms with E-state index < -0.39 is 18.0 Å². The van der Waals surface area contributed by atoms with Gasteiger partial charge in [0.2, 0.25) is 0 Å². The van der Waals surface area contributed by atoms with Gasteiger partial charge in [-0.05, 0) is 13.0 Å². The molecule has 0 bridgehead atoms. The van der Waals surface area contributed by atoms with Crippen molar-refractivity contribution in [2.75, 3.05) is 18.9 Å². The topological polar surface area (TPSA) is 92.7 Å². The highest BCUT2D eigenvalue weighted by Crippen LogP contribution is 2.11. The largest absolute Gasteiger partial charge is 0.480 e. The van der Waals surface area contributed by atoms with Gasteiger partial charge in [-0.2, -0.15) is 12.6 Å². The molecule has 2 N–H and O–H groups in total. The molecular formula is C14H17NO5S. The van der Waals surface area contributed by atoms with E-state index in [9.17, 15) is 14.4 Å². The molecule has 0 spiro atoms. The second kappa shape index (κ2) is 8.43. The number of carboxylic acids is 1. The molecule has 1 aromatic rings. The summed E-state index contributed by atoms with van der Waals surface area (Å²) in [6.45, 7) is 1.68. The first-order chi connectivity index (χ1) is 10.0. The smallest absolute Gasteiger partial charge is 0.338 e. The summed E-state index contributed by atoms with van der Waals surface area (Å²) in [5, 5.41) is 11.5. The lowest BCUT2D eigenvalue weighted by Crippen LogP contribution is -2.41. The Labute approximate surface area is 127 Å². The first-order valence-electron chi connectivity index (χ1n) is 6.37. The Hall–Kier alpha value is -1.86. The number of ether oxygens (including phenoxy) is 1. The standard InChI is InChI=1S/C14H17NO5S/c1-2-20-14(19)10-6-4-3-5-9(10)12(16)7-15-11(8-21)13(17)18/h3-6,11,15,21H,2,7-8H2,1H3,(H,17,18)/t11-/m1/s1. The van der Waals surface area contributed by atoms with E-state index in [-0.39, 0.29) is 35.8 Å². The number of ketones is 1. The fourth-order valence-electron chi connectivity index (χ4n) is 1.65. The molecule has 1 atom stereocenters. The third kappa shape index (κ3) is 4.87. The van der Waals surface area contributed by atoms with Crippen molar-refractivity contribution in [1.29, 1.82) is 0 Å². The summed E-state index contributed by atoms with van der Waals surface area (Å²) in [6, 6.07) is 5.34. The third-order valence-corrected chi connectivity index (χ3v) is 3.08. The Kier molecular flexibility index (Phi) is 6.90. The van der Waals surface area contributed by atoms with Gasteiger partial charge in [-0.25, -0.2) is 4.79 Å². The van der Waals surface area contributed by atoms with Crippen molar-refractivity contribution in [3.8, 4) is 0 Å². The number of esters is 1. The summed E-state index contributed by atoms with van der Waals surface area (Å²) >= 11 is 3.90. The van der Waals surface area contributed by atoms with Gasteiger partial charge in [0.25, 0.3) is 0 Å². The van der Waals surface area contributed by atoms with Gasteiger partial charge in [-0.15, -0.1) is 0 Å². The summed E-state index contributed by atoms with van der Waals surface area (Å²) in [5.41, 5.74) is 0.371. The zero-order valence-electron chi connectivity index (χ0n) is 11.5. The molecule has 7 heteroatoms. The van der Waals surface area contributed by atoms with Crippen LogP contribution >= 0.6 is 12.6 Å². The Bertz CT molecular complexity index is 532. The molecule has 1 rings (SSSR count). The molecule has 0 fully saturated rings. The Morgan fingerprint density at radius 2 is 1.90 bits per heavy atom. The maximum Gasteiger partial charge on any atom is 0.338 e. The predicted molar refractivity (Wildman–Crippen MR) is 80.0 cm³/mol. The number of carbonyl (C=O) groups excluding carboxylic acids is 2. The fraction of sp³-hybridized carbons (Fsp3) is 0.357. The Balaban J connectivity index is 2.83. The molecule has 0 heterocycles. The second-order valence-corrected chi connectivity index (χ2v) is 4.51. The number of Topliss-reactive ketones (excluding diaryl/α,β-unsaturated/α-hetero) is 1. The lowest BCUT2D eigenvalue weighted by Gasteiger charge is -2.12. The van der Waals surface area contributed by atoms with Crippen LogP contribution in [0.15, 0.2) is 24.3 Å². The highest BCUT2D eigenvalue weighted by molar-refractivity contribution is 7.80. The molecule has 0 amide bonds. The maximum absolute atomic E-state index is 12.1. The first-order valence-corrected chi connectivity index (χ1v) is 7.00. The molecule has 0 aliphatic carbocycles. The molecule has 6 nitrogen and oxygen atoms in total. The highest BCUT2D eigenvalue weighted by Gasteiger charge is 2.20. The van der Waals surface area contributed by atoms with Gasteiger partial charge in [0.05, 0.1) is 18.7 Å². The SMILES string of the molecule is CCOC(=O)c1ccccc1C(=O)CN[C@H](CS)C(=O)O. The van der Waals surface area contributed by atoms with Crippen molar-refractivity contribution in [3.63, 3.8) is 0 Å². The number of thiol groups is 1. The molecule has 114 valence electrons. The van der Waals surface area contributed by atoms with Gasteiger partial charge in [-0.1, -0.05) is 18.2 Å².